The van der Waals surface area contributed by atoms with E-state index in [0.29, 0.717) is 30.9 Å². The van der Waals surface area contributed by atoms with Crippen LogP contribution in [0.3, 0.4) is 0 Å². The molecule has 2 aliphatic heterocycles. The van der Waals surface area contributed by atoms with E-state index >= 15 is 0 Å². The van der Waals surface area contributed by atoms with Gasteiger partial charge >= 0.3 is 0 Å². The summed E-state index contributed by atoms with van der Waals surface area (Å²) in [5.74, 6) is -1.98. The van der Waals surface area contributed by atoms with Crippen molar-refractivity contribution in [3.63, 3.8) is 0 Å². The number of aliphatic hydroxyl groups is 3. The number of aliphatic hydroxyl groups excluding tert-OH is 3. The molecule has 2 saturated carbocycles. The molecule has 5 rings (SSSR count). The summed E-state index contributed by atoms with van der Waals surface area (Å²) >= 11 is 0. The van der Waals surface area contributed by atoms with Gasteiger partial charge in [0, 0.05) is 24.9 Å². The fourth-order valence-electron chi connectivity index (χ4n) is 6.16. The van der Waals surface area contributed by atoms with Gasteiger partial charge in [-0.25, -0.2) is 0 Å². The highest BCUT2D eigenvalue weighted by Gasteiger charge is 2.59. The highest BCUT2D eigenvalue weighted by atomic mass is 16.6. The molecule has 0 radical (unpaired) electrons. The summed E-state index contributed by atoms with van der Waals surface area (Å²) in [5, 5.41) is 35.8. The number of carbonyl (C=O) groups excluding carboxylic acids is 2. The van der Waals surface area contributed by atoms with Gasteiger partial charge in [-0.15, -0.1) is 0 Å². The molecule has 0 unspecified atom stereocenters. The van der Waals surface area contributed by atoms with E-state index in [1.54, 1.807) is 18.4 Å². The van der Waals surface area contributed by atoms with Crippen LogP contribution in [0.15, 0.2) is 28.0 Å². The Bertz CT molecular complexity index is 945. The molecular weight excluding hydrogens is 472 g/mol. The summed E-state index contributed by atoms with van der Waals surface area (Å²) in [6.45, 7) is 1.01. The van der Waals surface area contributed by atoms with E-state index < -0.39 is 36.1 Å². The molecule has 198 valence electrons. The molecule has 4 aliphatic rings. The molecule has 1 aromatic rings. The summed E-state index contributed by atoms with van der Waals surface area (Å²) < 4.78 is 16.2. The van der Waals surface area contributed by atoms with E-state index in [9.17, 15) is 24.9 Å². The van der Waals surface area contributed by atoms with Crippen molar-refractivity contribution in [2.75, 3.05) is 26.4 Å². The third-order valence-electron chi connectivity index (χ3n) is 7.86. The Balaban J connectivity index is 1.21. The summed E-state index contributed by atoms with van der Waals surface area (Å²) in [6, 6.07) is 3.52. The van der Waals surface area contributed by atoms with Crippen LogP contribution in [0.5, 0.6) is 0 Å². The average Bonchev–Trinajstić information content (AvgIpc) is 3.62. The van der Waals surface area contributed by atoms with E-state index in [-0.39, 0.29) is 56.6 Å². The fraction of sp³-hybridized carbons (Fsp3) is 0.720. The van der Waals surface area contributed by atoms with Crippen molar-refractivity contribution >= 4 is 17.5 Å². The predicted octanol–water partition coefficient (Wildman–Crippen LogP) is 0.462. The van der Waals surface area contributed by atoms with Crippen molar-refractivity contribution in [3.05, 3.63) is 24.2 Å². The summed E-state index contributed by atoms with van der Waals surface area (Å²) in [5.41, 5.74) is 0.540. The molecule has 0 aromatic carbocycles. The van der Waals surface area contributed by atoms with Gasteiger partial charge < -0.3 is 34.0 Å². The van der Waals surface area contributed by atoms with E-state index in [1.165, 1.54) is 4.90 Å². The van der Waals surface area contributed by atoms with Gasteiger partial charge in [0.1, 0.15) is 25.1 Å². The van der Waals surface area contributed by atoms with Crippen molar-refractivity contribution in [1.82, 2.24) is 4.90 Å². The van der Waals surface area contributed by atoms with Crippen LogP contribution in [0.1, 0.15) is 37.9 Å². The monoisotopic (exact) mass is 506 g/mol. The van der Waals surface area contributed by atoms with Crippen molar-refractivity contribution in [1.29, 1.82) is 0 Å². The molecular formula is C25H34N2O9. The molecule has 1 aromatic heterocycles. The predicted molar refractivity (Wildman–Crippen MR) is 123 cm³/mol. The molecule has 8 atom stereocenters. The van der Waals surface area contributed by atoms with Gasteiger partial charge in [0.25, 0.3) is 0 Å². The number of amides is 2. The molecule has 11 nitrogen and oxygen atoms in total. The molecule has 2 saturated heterocycles. The van der Waals surface area contributed by atoms with Crippen molar-refractivity contribution in [3.8, 4) is 0 Å². The Hall–Kier alpha value is -2.31. The van der Waals surface area contributed by atoms with Gasteiger partial charge in [-0.3, -0.25) is 14.5 Å². The third-order valence-corrected chi connectivity index (χ3v) is 7.86. The average molecular weight is 507 g/mol. The molecule has 0 bridgehead atoms. The number of carbonyl (C=O) groups is 2. The lowest BCUT2D eigenvalue weighted by atomic mass is 9.60. The molecule has 36 heavy (non-hydrogen) atoms. The zero-order valence-corrected chi connectivity index (χ0v) is 20.1. The van der Waals surface area contributed by atoms with E-state index in [0.717, 1.165) is 12.8 Å². The maximum absolute atomic E-state index is 13.4. The number of hydrogen-bond acceptors (Lipinski definition) is 10. The minimum absolute atomic E-state index is 0.0276. The topological polar surface area (TPSA) is 151 Å². The molecule has 2 amide bonds. The Morgan fingerprint density at radius 1 is 1.14 bits per heavy atom. The number of imide groups is 1. The first kappa shape index (κ1) is 25.3. The van der Waals surface area contributed by atoms with Gasteiger partial charge in [0.15, 0.2) is 0 Å². The van der Waals surface area contributed by atoms with Gasteiger partial charge in [-0.2, -0.15) is 0 Å². The molecule has 3 heterocycles. The largest absolute Gasteiger partial charge is 0.467 e. The SMILES string of the molecule is O=C1[C@H]2[C@H]3[C@H](O)[C@H](O)C/C(=N/OC[C@@H](O)COCc4ccco4)[C@H]3CC[C@@H]2C(=O)N1C[C@@H]1CCCO1. The third kappa shape index (κ3) is 5.08. The van der Waals surface area contributed by atoms with Crippen LogP contribution in [0.2, 0.25) is 0 Å². The number of hydrogen-bond donors (Lipinski definition) is 3. The maximum atomic E-state index is 13.4. The lowest BCUT2D eigenvalue weighted by molar-refractivity contribution is -0.143. The van der Waals surface area contributed by atoms with Crippen LogP contribution >= 0.6 is 0 Å². The van der Waals surface area contributed by atoms with Crippen LogP contribution in [-0.4, -0.2) is 88.5 Å². The maximum Gasteiger partial charge on any atom is 0.233 e. The zero-order valence-electron chi connectivity index (χ0n) is 20.1. The Morgan fingerprint density at radius 2 is 1.97 bits per heavy atom. The molecule has 4 fully saturated rings. The van der Waals surface area contributed by atoms with Crippen LogP contribution in [0.25, 0.3) is 0 Å². The minimum Gasteiger partial charge on any atom is -0.467 e. The second kappa shape index (κ2) is 11.0. The quantitative estimate of drug-likeness (QED) is 0.320. The number of fused-ring (bicyclic) bond motifs is 3. The van der Waals surface area contributed by atoms with Crippen LogP contribution < -0.4 is 0 Å². The number of rotatable bonds is 9. The lowest BCUT2D eigenvalue weighted by Crippen LogP contribution is -2.54. The van der Waals surface area contributed by atoms with E-state index in [4.69, 9.17) is 18.7 Å². The van der Waals surface area contributed by atoms with E-state index in [2.05, 4.69) is 5.16 Å². The first-order chi connectivity index (χ1) is 17.4. The fourth-order valence-corrected chi connectivity index (χ4v) is 6.16. The number of likely N-dealkylation sites (tertiary alicyclic amines) is 1. The highest BCUT2D eigenvalue weighted by molar-refractivity contribution is 6.06. The lowest BCUT2D eigenvalue weighted by Gasteiger charge is -2.45. The smallest absolute Gasteiger partial charge is 0.233 e. The van der Waals surface area contributed by atoms with Gasteiger partial charge in [0.2, 0.25) is 11.8 Å². The number of nitrogens with zero attached hydrogens (tertiary/aromatic N) is 2. The van der Waals surface area contributed by atoms with Crippen molar-refractivity contribution in [2.24, 2.45) is 28.8 Å². The zero-order chi connectivity index (χ0) is 25.2. The normalized spacial score (nSPS) is 36.2. The molecule has 0 spiro atoms. The summed E-state index contributed by atoms with van der Waals surface area (Å²) in [7, 11) is 0. The van der Waals surface area contributed by atoms with Crippen LogP contribution in [-0.2, 0) is 30.5 Å². The second-order valence-corrected chi connectivity index (χ2v) is 10.2. The molecule has 2 aliphatic carbocycles. The number of oxime groups is 1. The standard InChI is InChI=1S/C25H34N2O9/c28-14(11-33-13-16-4-2-8-35-16)12-36-26-19-9-20(29)23(30)21-17(19)5-6-18-22(21)25(32)27(24(18)31)10-15-3-1-7-34-15/h2,4,8,14-15,17-18,20-23,28-30H,1,3,5-7,9-13H2/b26-19-/t14-,15-,17+,18-,20+,21-,22+,23+/m0/s1. The Labute approximate surface area is 209 Å². The summed E-state index contributed by atoms with van der Waals surface area (Å²) in [6.07, 6.45) is 1.11. The van der Waals surface area contributed by atoms with E-state index in [1.807, 2.05) is 0 Å². The first-order valence-corrected chi connectivity index (χ1v) is 12.7. The number of ether oxygens (including phenoxy) is 2. The first-order valence-electron chi connectivity index (χ1n) is 12.7. The Morgan fingerprint density at radius 3 is 2.72 bits per heavy atom. The number of furan rings is 1. The van der Waals surface area contributed by atoms with Crippen LogP contribution in [0.4, 0.5) is 0 Å². The molecule has 11 heteroatoms. The van der Waals surface area contributed by atoms with Crippen molar-refractivity contribution < 1.29 is 43.6 Å². The highest BCUT2D eigenvalue weighted by Crippen LogP contribution is 2.49. The summed E-state index contributed by atoms with van der Waals surface area (Å²) in [4.78, 5) is 33.2. The van der Waals surface area contributed by atoms with Crippen molar-refractivity contribution in [2.45, 2.75) is 63.1 Å². The molecule has 3 N–H and O–H groups in total. The second-order valence-electron chi connectivity index (χ2n) is 10.2. The van der Waals surface area contributed by atoms with Gasteiger partial charge in [-0.05, 0) is 37.8 Å². The van der Waals surface area contributed by atoms with Crippen LogP contribution in [0, 0.1) is 23.7 Å². The van der Waals surface area contributed by atoms with Gasteiger partial charge in [-0.1, -0.05) is 5.16 Å². The minimum atomic E-state index is -1.14. The Kier molecular flexibility index (Phi) is 7.73. The van der Waals surface area contributed by atoms with Gasteiger partial charge in [0.05, 0.1) is 55.3 Å².